The first-order valence-corrected chi connectivity index (χ1v) is 3.52. The lowest BCUT2D eigenvalue weighted by Gasteiger charge is -2.04. The number of sulfone groups is 1. The molecular formula is C2H3F3O4S. The Morgan fingerprint density at radius 1 is 1.40 bits per heavy atom. The van der Waals surface area contributed by atoms with Gasteiger partial charge in [-0.2, -0.15) is 13.2 Å². The Morgan fingerprint density at radius 2 is 1.80 bits per heavy atom. The molecule has 0 unspecified atom stereocenters. The summed E-state index contributed by atoms with van der Waals surface area (Å²) in [6, 6.07) is 0. The van der Waals surface area contributed by atoms with E-state index in [2.05, 4.69) is 4.89 Å². The zero-order valence-corrected chi connectivity index (χ0v) is 5.24. The Morgan fingerprint density at radius 3 is 1.90 bits per heavy atom. The smallest absolute Gasteiger partial charge is 0.251 e. The van der Waals surface area contributed by atoms with E-state index in [9.17, 15) is 21.6 Å². The molecule has 0 saturated heterocycles. The van der Waals surface area contributed by atoms with E-state index in [1.165, 1.54) is 0 Å². The van der Waals surface area contributed by atoms with Crippen molar-refractivity contribution in [2.75, 3.05) is 5.94 Å². The summed E-state index contributed by atoms with van der Waals surface area (Å²) in [5.74, 6) is -1.77. The minimum Gasteiger partial charge on any atom is -0.251 e. The number of rotatable bonds is 2. The molecule has 0 aromatic rings. The van der Waals surface area contributed by atoms with Crippen molar-refractivity contribution in [1.82, 2.24) is 0 Å². The fourth-order valence-corrected chi connectivity index (χ4v) is 0.409. The molecule has 0 bridgehead atoms. The third-order valence-electron chi connectivity index (χ3n) is 0.561. The summed E-state index contributed by atoms with van der Waals surface area (Å²) in [7, 11) is -5.32. The van der Waals surface area contributed by atoms with Gasteiger partial charge in [0, 0.05) is 0 Å². The lowest BCUT2D eigenvalue weighted by atomic mass is 11.5. The van der Waals surface area contributed by atoms with Gasteiger partial charge in [0.2, 0.25) is 0 Å². The molecule has 0 saturated carbocycles. The van der Waals surface area contributed by atoms with E-state index in [4.69, 9.17) is 5.26 Å². The molecule has 0 atom stereocenters. The summed E-state index contributed by atoms with van der Waals surface area (Å²) < 4.78 is 53.4. The van der Waals surface area contributed by atoms with Crippen LogP contribution in [-0.2, 0) is 14.7 Å². The zero-order chi connectivity index (χ0) is 8.41. The first kappa shape index (κ1) is 9.66. The minimum absolute atomic E-state index is 1.77. The molecule has 0 radical (unpaired) electrons. The molecule has 0 fully saturated rings. The van der Waals surface area contributed by atoms with Crippen LogP contribution in [0.15, 0.2) is 0 Å². The highest BCUT2D eigenvalue weighted by molar-refractivity contribution is 7.92. The Bertz CT molecular complexity index is 191. The highest BCUT2D eigenvalue weighted by Gasteiger charge is 2.45. The van der Waals surface area contributed by atoms with Crippen LogP contribution in [0.5, 0.6) is 0 Å². The SMILES string of the molecule is O=S(=O)(COO)C(F)(F)F. The lowest BCUT2D eigenvalue weighted by molar-refractivity contribution is -0.226. The van der Waals surface area contributed by atoms with E-state index in [1.54, 1.807) is 0 Å². The standard InChI is InChI=1S/C2H3F3O4S/c3-2(4,5)10(7,8)1-9-6/h6H,1H2. The predicted octanol–water partition coefficient (Wildman–Crippen LogP) is 0.368. The molecule has 1 N–H and O–H groups in total. The molecule has 0 aliphatic rings. The largest absolute Gasteiger partial charge is 0.499 e. The van der Waals surface area contributed by atoms with Crippen LogP contribution in [0, 0.1) is 0 Å². The molecule has 62 valence electrons. The average molecular weight is 180 g/mol. The third kappa shape index (κ3) is 2.12. The number of hydrogen-bond acceptors (Lipinski definition) is 4. The van der Waals surface area contributed by atoms with Gasteiger partial charge in [0.1, 0.15) is 0 Å². The van der Waals surface area contributed by atoms with Crippen LogP contribution in [0.3, 0.4) is 0 Å². The van der Waals surface area contributed by atoms with Crippen LogP contribution in [0.4, 0.5) is 13.2 Å². The maximum absolute atomic E-state index is 11.2. The van der Waals surface area contributed by atoms with Gasteiger partial charge in [-0.25, -0.2) is 13.3 Å². The molecule has 0 amide bonds. The molecular weight excluding hydrogens is 177 g/mol. The van der Waals surface area contributed by atoms with Gasteiger partial charge in [-0.3, -0.25) is 5.26 Å². The predicted molar refractivity (Wildman–Crippen MR) is 23.6 cm³/mol. The van der Waals surface area contributed by atoms with Crippen LogP contribution < -0.4 is 0 Å². The van der Waals surface area contributed by atoms with Gasteiger partial charge in [0.15, 0.2) is 5.94 Å². The van der Waals surface area contributed by atoms with E-state index < -0.39 is 21.3 Å². The van der Waals surface area contributed by atoms with Crippen molar-refractivity contribution in [3.8, 4) is 0 Å². The van der Waals surface area contributed by atoms with Crippen molar-refractivity contribution in [3.05, 3.63) is 0 Å². The molecule has 0 heterocycles. The van der Waals surface area contributed by atoms with Gasteiger partial charge >= 0.3 is 5.51 Å². The van der Waals surface area contributed by atoms with E-state index in [1.807, 2.05) is 0 Å². The maximum atomic E-state index is 11.2. The molecule has 8 heteroatoms. The van der Waals surface area contributed by atoms with Gasteiger partial charge in [-0.1, -0.05) is 0 Å². The average Bonchev–Trinajstić information content (AvgIpc) is 1.61. The fraction of sp³-hybridized carbons (Fsp3) is 1.00. The molecule has 0 aromatic carbocycles. The Balaban J connectivity index is 4.44. The van der Waals surface area contributed by atoms with Crippen LogP contribution in [0.25, 0.3) is 0 Å². The van der Waals surface area contributed by atoms with Gasteiger partial charge < -0.3 is 0 Å². The zero-order valence-electron chi connectivity index (χ0n) is 4.42. The van der Waals surface area contributed by atoms with Gasteiger partial charge in [0.25, 0.3) is 9.84 Å². The number of hydrogen-bond donors (Lipinski definition) is 1. The fourth-order valence-electron chi connectivity index (χ4n) is 0.136. The highest BCUT2D eigenvalue weighted by Crippen LogP contribution is 2.23. The monoisotopic (exact) mass is 180 g/mol. The van der Waals surface area contributed by atoms with E-state index >= 15 is 0 Å². The van der Waals surface area contributed by atoms with Crippen molar-refractivity contribution in [2.45, 2.75) is 5.51 Å². The van der Waals surface area contributed by atoms with Gasteiger partial charge in [-0.05, 0) is 0 Å². The Hall–Kier alpha value is -0.340. The third-order valence-corrected chi connectivity index (χ3v) is 1.68. The molecule has 0 aliphatic heterocycles. The van der Waals surface area contributed by atoms with Crippen LogP contribution in [0.1, 0.15) is 0 Å². The molecule has 0 rings (SSSR count). The molecule has 10 heavy (non-hydrogen) atoms. The summed E-state index contributed by atoms with van der Waals surface area (Å²) in [6.45, 7) is 0. The van der Waals surface area contributed by atoms with Crippen molar-refractivity contribution >= 4 is 9.84 Å². The second kappa shape index (κ2) is 2.72. The molecule has 0 aliphatic carbocycles. The maximum Gasteiger partial charge on any atom is 0.499 e. The molecule has 0 spiro atoms. The summed E-state index contributed by atoms with van der Waals surface area (Å²) >= 11 is 0. The van der Waals surface area contributed by atoms with Crippen LogP contribution >= 0.6 is 0 Å². The Kier molecular flexibility index (Phi) is 2.63. The van der Waals surface area contributed by atoms with Crippen molar-refractivity contribution in [2.24, 2.45) is 0 Å². The summed E-state index contributed by atoms with van der Waals surface area (Å²) in [5, 5.41) is 7.39. The van der Waals surface area contributed by atoms with E-state index in [0.717, 1.165) is 0 Å². The van der Waals surface area contributed by atoms with E-state index in [-0.39, 0.29) is 0 Å². The molecule has 4 nitrogen and oxygen atoms in total. The summed E-state index contributed by atoms with van der Waals surface area (Å²) in [4.78, 5) is 2.83. The minimum atomic E-state index is -5.37. The van der Waals surface area contributed by atoms with Gasteiger partial charge in [-0.15, -0.1) is 0 Å². The number of halogens is 3. The van der Waals surface area contributed by atoms with Crippen LogP contribution in [-0.4, -0.2) is 25.1 Å². The van der Waals surface area contributed by atoms with Crippen molar-refractivity contribution in [3.63, 3.8) is 0 Å². The lowest BCUT2D eigenvalue weighted by Crippen LogP contribution is -2.26. The van der Waals surface area contributed by atoms with Crippen molar-refractivity contribution in [1.29, 1.82) is 0 Å². The van der Waals surface area contributed by atoms with Crippen LogP contribution in [0.2, 0.25) is 0 Å². The Labute approximate surface area is 54.1 Å². The van der Waals surface area contributed by atoms with Gasteiger partial charge in [0.05, 0.1) is 0 Å². The van der Waals surface area contributed by atoms with Crippen molar-refractivity contribution < 1.29 is 31.7 Å². The first-order valence-electron chi connectivity index (χ1n) is 1.86. The second-order valence-corrected chi connectivity index (χ2v) is 3.24. The highest BCUT2D eigenvalue weighted by atomic mass is 32.2. The summed E-state index contributed by atoms with van der Waals surface area (Å²) in [5.41, 5.74) is -5.37. The normalized spacial score (nSPS) is 13.6. The second-order valence-electron chi connectivity index (χ2n) is 1.31. The quantitative estimate of drug-likeness (QED) is 0.492. The first-order chi connectivity index (χ1) is 4.31. The number of alkyl halides is 3. The molecule has 0 aromatic heterocycles. The topological polar surface area (TPSA) is 63.6 Å². The summed E-state index contributed by atoms with van der Waals surface area (Å²) in [6.07, 6.45) is 0. The van der Waals surface area contributed by atoms with E-state index in [0.29, 0.717) is 0 Å².